The molecule has 16 heavy (non-hydrogen) atoms. The first kappa shape index (κ1) is 13.5. The zero-order valence-electron chi connectivity index (χ0n) is 10.6. The highest BCUT2D eigenvalue weighted by Crippen LogP contribution is 2.05. The maximum absolute atomic E-state index is 4.47. The van der Waals surface area contributed by atoms with Gasteiger partial charge in [0.05, 0.1) is 5.69 Å². The number of nitrogens with zero attached hydrogens (tertiary/aromatic N) is 2. The molecular weight excluding hydrogens is 216 g/mol. The summed E-state index contributed by atoms with van der Waals surface area (Å²) in [6.45, 7) is 6.45. The predicted octanol–water partition coefficient (Wildman–Crippen LogP) is 2.83. The molecule has 0 aromatic carbocycles. The molecule has 90 valence electrons. The minimum absolute atomic E-state index is 0.953. The van der Waals surface area contributed by atoms with Crippen LogP contribution in [-0.4, -0.2) is 35.0 Å². The summed E-state index contributed by atoms with van der Waals surface area (Å²) >= 11 is 1.99. The molecule has 1 heterocycles. The molecule has 2 nitrogen and oxygen atoms in total. The molecule has 0 aliphatic rings. The summed E-state index contributed by atoms with van der Waals surface area (Å²) < 4.78 is 0. The molecule has 1 aromatic heterocycles. The van der Waals surface area contributed by atoms with Crippen LogP contribution in [-0.2, 0) is 13.0 Å². The van der Waals surface area contributed by atoms with Gasteiger partial charge < -0.3 is 0 Å². The van der Waals surface area contributed by atoms with Gasteiger partial charge in [-0.3, -0.25) is 9.88 Å². The summed E-state index contributed by atoms with van der Waals surface area (Å²) in [4.78, 5) is 6.80. The molecule has 0 fully saturated rings. The molecule has 0 atom stereocenters. The normalized spacial score (nSPS) is 11.0. The minimum atomic E-state index is 0.953. The third-order valence-electron chi connectivity index (χ3n) is 2.55. The molecule has 0 N–H and O–H groups in total. The van der Waals surface area contributed by atoms with Crippen LogP contribution in [0.1, 0.15) is 25.1 Å². The van der Waals surface area contributed by atoms with E-state index in [0.717, 1.165) is 19.5 Å². The second-order valence-corrected chi connectivity index (χ2v) is 5.34. The van der Waals surface area contributed by atoms with E-state index in [4.69, 9.17) is 0 Å². The molecule has 3 heteroatoms. The number of rotatable bonds is 7. The smallest absolute Gasteiger partial charge is 0.0544 e. The molecule has 0 radical (unpaired) electrons. The Morgan fingerprint density at radius 2 is 2.12 bits per heavy atom. The lowest BCUT2D eigenvalue weighted by Crippen LogP contribution is -2.21. The van der Waals surface area contributed by atoms with E-state index in [9.17, 15) is 0 Å². The van der Waals surface area contributed by atoms with Crippen molar-refractivity contribution < 1.29 is 0 Å². The predicted molar refractivity (Wildman–Crippen MR) is 72.9 cm³/mol. The van der Waals surface area contributed by atoms with Crippen molar-refractivity contribution in [3.63, 3.8) is 0 Å². The van der Waals surface area contributed by atoms with E-state index < -0.39 is 0 Å². The number of hydrogen-bond acceptors (Lipinski definition) is 3. The molecule has 0 bridgehead atoms. The Bertz CT molecular complexity index is 284. The van der Waals surface area contributed by atoms with Gasteiger partial charge in [-0.1, -0.05) is 19.9 Å². The number of hydrogen-bond donors (Lipinski definition) is 0. The van der Waals surface area contributed by atoms with Crippen molar-refractivity contribution in [1.82, 2.24) is 9.88 Å². The Morgan fingerprint density at radius 1 is 1.31 bits per heavy atom. The number of pyridine rings is 1. The summed E-state index contributed by atoms with van der Waals surface area (Å²) in [6, 6.07) is 4.32. The van der Waals surface area contributed by atoms with Gasteiger partial charge in [0.1, 0.15) is 0 Å². The van der Waals surface area contributed by atoms with E-state index >= 15 is 0 Å². The fourth-order valence-electron chi connectivity index (χ4n) is 1.48. The standard InChI is InChI=1S/C13H22N2S/c1-4-12-6-7-13(14-10-12)11-15(3)8-9-16-5-2/h6-7,10H,4-5,8-9,11H2,1-3H3. The zero-order valence-corrected chi connectivity index (χ0v) is 11.4. The number of thioether (sulfide) groups is 1. The summed E-state index contributed by atoms with van der Waals surface area (Å²) in [6.07, 6.45) is 3.06. The van der Waals surface area contributed by atoms with Crippen LogP contribution in [0.15, 0.2) is 18.3 Å². The third-order valence-corrected chi connectivity index (χ3v) is 3.43. The molecule has 0 spiro atoms. The van der Waals surface area contributed by atoms with Crippen LogP contribution in [0.25, 0.3) is 0 Å². The molecule has 0 aliphatic carbocycles. The summed E-state index contributed by atoms with van der Waals surface area (Å²) in [5.74, 6) is 2.41. The van der Waals surface area contributed by atoms with E-state index in [-0.39, 0.29) is 0 Å². The maximum Gasteiger partial charge on any atom is 0.0544 e. The van der Waals surface area contributed by atoms with Gasteiger partial charge in [0.25, 0.3) is 0 Å². The monoisotopic (exact) mass is 238 g/mol. The van der Waals surface area contributed by atoms with Crippen molar-refractivity contribution in [1.29, 1.82) is 0 Å². The van der Waals surface area contributed by atoms with E-state index in [1.165, 1.54) is 22.8 Å². The average molecular weight is 238 g/mol. The molecular formula is C13H22N2S. The third kappa shape index (κ3) is 4.99. The fourth-order valence-corrected chi connectivity index (χ4v) is 2.21. The molecule has 0 unspecified atom stereocenters. The summed E-state index contributed by atoms with van der Waals surface area (Å²) in [5.41, 5.74) is 2.48. The van der Waals surface area contributed by atoms with Crippen molar-refractivity contribution in [2.75, 3.05) is 25.1 Å². The van der Waals surface area contributed by atoms with Crippen LogP contribution in [0.2, 0.25) is 0 Å². The molecule has 0 saturated heterocycles. The molecule has 1 rings (SSSR count). The van der Waals surface area contributed by atoms with Crippen LogP contribution >= 0.6 is 11.8 Å². The van der Waals surface area contributed by atoms with Gasteiger partial charge >= 0.3 is 0 Å². The van der Waals surface area contributed by atoms with E-state index in [1.807, 2.05) is 18.0 Å². The number of aryl methyl sites for hydroxylation is 1. The molecule has 0 saturated carbocycles. The minimum Gasteiger partial charge on any atom is -0.300 e. The number of aromatic nitrogens is 1. The highest BCUT2D eigenvalue weighted by atomic mass is 32.2. The van der Waals surface area contributed by atoms with Crippen molar-refractivity contribution in [2.24, 2.45) is 0 Å². The lowest BCUT2D eigenvalue weighted by atomic mass is 10.2. The van der Waals surface area contributed by atoms with Crippen LogP contribution < -0.4 is 0 Å². The lowest BCUT2D eigenvalue weighted by Gasteiger charge is -2.15. The highest BCUT2D eigenvalue weighted by molar-refractivity contribution is 7.99. The summed E-state index contributed by atoms with van der Waals surface area (Å²) in [7, 11) is 2.16. The lowest BCUT2D eigenvalue weighted by molar-refractivity contribution is 0.344. The van der Waals surface area contributed by atoms with Gasteiger partial charge in [-0.2, -0.15) is 11.8 Å². The Balaban J connectivity index is 2.34. The van der Waals surface area contributed by atoms with Gasteiger partial charge in [0.2, 0.25) is 0 Å². The Labute approximate surface area is 103 Å². The van der Waals surface area contributed by atoms with Crippen molar-refractivity contribution in [3.8, 4) is 0 Å². The van der Waals surface area contributed by atoms with E-state index in [2.05, 4.69) is 42.9 Å². The molecule has 0 amide bonds. The molecule has 1 aromatic rings. The highest BCUT2D eigenvalue weighted by Gasteiger charge is 2.01. The van der Waals surface area contributed by atoms with Crippen molar-refractivity contribution >= 4 is 11.8 Å². The maximum atomic E-state index is 4.47. The van der Waals surface area contributed by atoms with Gasteiger partial charge in [-0.15, -0.1) is 0 Å². The van der Waals surface area contributed by atoms with Crippen molar-refractivity contribution in [2.45, 2.75) is 26.8 Å². The van der Waals surface area contributed by atoms with Gasteiger partial charge in [-0.05, 0) is 30.9 Å². The van der Waals surface area contributed by atoms with Crippen LogP contribution in [0.5, 0.6) is 0 Å². The van der Waals surface area contributed by atoms with Crippen LogP contribution in [0.4, 0.5) is 0 Å². The molecule has 0 aliphatic heterocycles. The second-order valence-electron chi connectivity index (χ2n) is 3.95. The average Bonchev–Trinajstić information content (AvgIpc) is 2.30. The Kier molecular flexibility index (Phi) is 6.50. The first-order valence-corrected chi connectivity index (χ1v) is 7.11. The Hall–Kier alpha value is -0.540. The fraction of sp³-hybridized carbons (Fsp3) is 0.615. The van der Waals surface area contributed by atoms with E-state index in [1.54, 1.807) is 0 Å². The second kappa shape index (κ2) is 7.69. The van der Waals surface area contributed by atoms with Gasteiger partial charge in [0.15, 0.2) is 0 Å². The Morgan fingerprint density at radius 3 is 2.69 bits per heavy atom. The van der Waals surface area contributed by atoms with Gasteiger partial charge in [0, 0.05) is 25.0 Å². The van der Waals surface area contributed by atoms with Crippen molar-refractivity contribution in [3.05, 3.63) is 29.6 Å². The quantitative estimate of drug-likeness (QED) is 0.680. The van der Waals surface area contributed by atoms with Gasteiger partial charge in [-0.25, -0.2) is 0 Å². The largest absolute Gasteiger partial charge is 0.300 e. The van der Waals surface area contributed by atoms with Crippen LogP contribution in [0.3, 0.4) is 0 Å². The van der Waals surface area contributed by atoms with E-state index in [0.29, 0.717) is 0 Å². The zero-order chi connectivity index (χ0) is 11.8. The summed E-state index contributed by atoms with van der Waals surface area (Å²) in [5, 5.41) is 0. The SMILES string of the molecule is CCSCCN(C)Cc1ccc(CC)cn1. The first-order valence-electron chi connectivity index (χ1n) is 5.96. The first-order chi connectivity index (χ1) is 7.76. The van der Waals surface area contributed by atoms with Crippen LogP contribution in [0, 0.1) is 0 Å². The topological polar surface area (TPSA) is 16.1 Å².